The van der Waals surface area contributed by atoms with Crippen LogP contribution in [-0.4, -0.2) is 12.5 Å². The van der Waals surface area contributed by atoms with Gasteiger partial charge >= 0.3 is 0 Å². The van der Waals surface area contributed by atoms with Crippen LogP contribution in [0.3, 0.4) is 0 Å². The first-order chi connectivity index (χ1) is 9.56. The first-order valence-corrected chi connectivity index (χ1v) is 6.62. The predicted octanol–water partition coefficient (Wildman–Crippen LogP) is 3.63. The zero-order chi connectivity index (χ0) is 14.5. The van der Waals surface area contributed by atoms with E-state index < -0.39 is 0 Å². The third-order valence-electron chi connectivity index (χ3n) is 3.18. The summed E-state index contributed by atoms with van der Waals surface area (Å²) < 4.78 is 5.62. The van der Waals surface area contributed by atoms with Crippen LogP contribution in [0, 0.1) is 20.8 Å². The molecule has 2 aromatic carbocycles. The van der Waals surface area contributed by atoms with Crippen molar-refractivity contribution in [3.63, 3.8) is 0 Å². The number of rotatable bonds is 4. The number of anilines is 1. The number of carbonyl (C=O) groups excluding carboxylic acids is 1. The molecule has 0 saturated carbocycles. The molecule has 0 saturated heterocycles. The lowest BCUT2D eigenvalue weighted by Crippen LogP contribution is -2.20. The van der Waals surface area contributed by atoms with Crippen molar-refractivity contribution in [1.82, 2.24) is 0 Å². The average Bonchev–Trinajstić information content (AvgIpc) is 2.42. The highest BCUT2D eigenvalue weighted by molar-refractivity contribution is 5.91. The molecule has 3 heteroatoms. The van der Waals surface area contributed by atoms with Crippen molar-refractivity contribution in [3.05, 3.63) is 59.2 Å². The number of aryl methyl sites for hydroxylation is 2. The molecule has 0 radical (unpaired) electrons. The van der Waals surface area contributed by atoms with Crippen LogP contribution in [0.25, 0.3) is 0 Å². The number of para-hydroxylation sites is 1. The van der Waals surface area contributed by atoms with Crippen molar-refractivity contribution in [3.8, 4) is 5.75 Å². The molecule has 2 rings (SSSR count). The van der Waals surface area contributed by atoms with Gasteiger partial charge in [-0.15, -0.1) is 0 Å². The molecule has 0 fully saturated rings. The van der Waals surface area contributed by atoms with Gasteiger partial charge in [-0.05, 0) is 55.7 Å². The largest absolute Gasteiger partial charge is 0.483 e. The number of ether oxygens (including phenoxy) is 1. The molecule has 0 aliphatic heterocycles. The van der Waals surface area contributed by atoms with Crippen LogP contribution >= 0.6 is 0 Å². The quantitative estimate of drug-likeness (QED) is 0.920. The molecular weight excluding hydrogens is 250 g/mol. The summed E-state index contributed by atoms with van der Waals surface area (Å²) in [5.41, 5.74) is 4.15. The fourth-order valence-electron chi connectivity index (χ4n) is 2.01. The maximum absolute atomic E-state index is 11.8. The van der Waals surface area contributed by atoms with Crippen LogP contribution in [0.5, 0.6) is 5.75 Å². The van der Waals surface area contributed by atoms with E-state index in [1.54, 1.807) is 0 Å². The van der Waals surface area contributed by atoms with Gasteiger partial charge in [0.1, 0.15) is 5.75 Å². The van der Waals surface area contributed by atoms with Gasteiger partial charge in [-0.2, -0.15) is 0 Å². The molecule has 20 heavy (non-hydrogen) atoms. The lowest BCUT2D eigenvalue weighted by atomic mass is 10.1. The molecule has 104 valence electrons. The predicted molar refractivity (Wildman–Crippen MR) is 81.2 cm³/mol. The fraction of sp³-hybridized carbons (Fsp3) is 0.235. The number of amides is 1. The van der Waals surface area contributed by atoms with E-state index in [1.807, 2.05) is 57.2 Å². The lowest BCUT2D eigenvalue weighted by Gasteiger charge is -2.12. The monoisotopic (exact) mass is 269 g/mol. The molecule has 0 bridgehead atoms. The van der Waals surface area contributed by atoms with E-state index in [0.717, 1.165) is 22.6 Å². The van der Waals surface area contributed by atoms with Crippen LogP contribution in [-0.2, 0) is 4.79 Å². The van der Waals surface area contributed by atoms with Crippen LogP contribution in [0.4, 0.5) is 5.69 Å². The molecule has 0 atom stereocenters. The van der Waals surface area contributed by atoms with Gasteiger partial charge in [0, 0.05) is 5.69 Å². The first kappa shape index (κ1) is 14.1. The Bertz CT molecular complexity index is 606. The van der Waals surface area contributed by atoms with Crippen LogP contribution in [0.1, 0.15) is 16.7 Å². The topological polar surface area (TPSA) is 38.3 Å². The highest BCUT2D eigenvalue weighted by Gasteiger charge is 2.07. The number of hydrogen-bond donors (Lipinski definition) is 1. The second-order valence-electron chi connectivity index (χ2n) is 4.91. The third kappa shape index (κ3) is 3.60. The van der Waals surface area contributed by atoms with E-state index in [4.69, 9.17) is 4.74 Å². The van der Waals surface area contributed by atoms with Gasteiger partial charge in [0.2, 0.25) is 0 Å². The molecule has 1 N–H and O–H groups in total. The third-order valence-corrected chi connectivity index (χ3v) is 3.18. The van der Waals surface area contributed by atoms with Gasteiger partial charge in [-0.1, -0.05) is 24.3 Å². The Morgan fingerprint density at radius 2 is 1.80 bits per heavy atom. The summed E-state index contributed by atoms with van der Waals surface area (Å²) in [6, 6.07) is 13.4. The van der Waals surface area contributed by atoms with E-state index in [2.05, 4.69) is 11.4 Å². The normalized spacial score (nSPS) is 10.2. The molecule has 2 aromatic rings. The molecule has 0 aliphatic rings. The van der Waals surface area contributed by atoms with Crippen molar-refractivity contribution >= 4 is 11.6 Å². The van der Waals surface area contributed by atoms with E-state index in [0.29, 0.717) is 0 Å². The number of benzene rings is 2. The Kier molecular flexibility index (Phi) is 4.41. The van der Waals surface area contributed by atoms with Gasteiger partial charge in [-0.3, -0.25) is 4.79 Å². The second kappa shape index (κ2) is 6.24. The van der Waals surface area contributed by atoms with Crippen molar-refractivity contribution in [1.29, 1.82) is 0 Å². The summed E-state index contributed by atoms with van der Waals surface area (Å²) in [4.78, 5) is 11.8. The van der Waals surface area contributed by atoms with Gasteiger partial charge in [0.15, 0.2) is 6.61 Å². The maximum Gasteiger partial charge on any atom is 0.262 e. The summed E-state index contributed by atoms with van der Waals surface area (Å²) in [7, 11) is 0. The van der Waals surface area contributed by atoms with E-state index in [-0.39, 0.29) is 12.5 Å². The van der Waals surface area contributed by atoms with E-state index in [1.165, 1.54) is 5.56 Å². The second-order valence-corrected chi connectivity index (χ2v) is 4.91. The molecule has 0 unspecified atom stereocenters. The lowest BCUT2D eigenvalue weighted by molar-refractivity contribution is -0.118. The minimum absolute atomic E-state index is 0.0125. The van der Waals surface area contributed by atoms with E-state index >= 15 is 0 Å². The summed E-state index contributed by atoms with van der Waals surface area (Å²) in [5.74, 6) is 0.612. The Hall–Kier alpha value is -2.29. The summed E-state index contributed by atoms with van der Waals surface area (Å²) in [6.07, 6.45) is 0. The van der Waals surface area contributed by atoms with E-state index in [9.17, 15) is 4.79 Å². The maximum atomic E-state index is 11.8. The van der Waals surface area contributed by atoms with Crippen molar-refractivity contribution < 1.29 is 9.53 Å². The molecule has 0 heterocycles. The molecule has 0 aliphatic carbocycles. The molecular formula is C17H19NO2. The Morgan fingerprint density at radius 1 is 1.10 bits per heavy atom. The molecule has 3 nitrogen and oxygen atoms in total. The van der Waals surface area contributed by atoms with Gasteiger partial charge < -0.3 is 10.1 Å². The van der Waals surface area contributed by atoms with Crippen LogP contribution in [0.2, 0.25) is 0 Å². The fourth-order valence-corrected chi connectivity index (χ4v) is 2.01. The summed E-state index contributed by atoms with van der Waals surface area (Å²) in [6.45, 7) is 6.07. The van der Waals surface area contributed by atoms with Crippen LogP contribution < -0.4 is 10.1 Å². The minimum Gasteiger partial charge on any atom is -0.483 e. The smallest absolute Gasteiger partial charge is 0.262 e. The van der Waals surface area contributed by atoms with Crippen LogP contribution in [0.15, 0.2) is 42.5 Å². The van der Waals surface area contributed by atoms with Gasteiger partial charge in [-0.25, -0.2) is 0 Å². The van der Waals surface area contributed by atoms with Gasteiger partial charge in [0.25, 0.3) is 5.91 Å². The highest BCUT2D eigenvalue weighted by atomic mass is 16.5. The SMILES string of the molecule is Cc1cc(C)c(C)c(OCC(=O)Nc2ccccc2)c1. The van der Waals surface area contributed by atoms with Crippen molar-refractivity contribution in [2.75, 3.05) is 11.9 Å². The zero-order valence-corrected chi connectivity index (χ0v) is 12.1. The number of hydrogen-bond acceptors (Lipinski definition) is 2. The van der Waals surface area contributed by atoms with Crippen molar-refractivity contribution in [2.24, 2.45) is 0 Å². The molecule has 0 spiro atoms. The Balaban J connectivity index is 1.97. The average molecular weight is 269 g/mol. The standard InChI is InChI=1S/C17H19NO2/c1-12-9-13(2)14(3)16(10-12)20-11-17(19)18-15-7-5-4-6-8-15/h4-10H,11H2,1-3H3,(H,18,19). The highest BCUT2D eigenvalue weighted by Crippen LogP contribution is 2.23. The van der Waals surface area contributed by atoms with Crippen molar-refractivity contribution in [2.45, 2.75) is 20.8 Å². The first-order valence-electron chi connectivity index (χ1n) is 6.62. The molecule has 0 aromatic heterocycles. The number of carbonyl (C=O) groups is 1. The Morgan fingerprint density at radius 3 is 2.50 bits per heavy atom. The molecule has 1 amide bonds. The summed E-state index contributed by atoms with van der Waals surface area (Å²) in [5, 5.41) is 2.80. The zero-order valence-electron chi connectivity index (χ0n) is 12.1. The summed E-state index contributed by atoms with van der Waals surface area (Å²) >= 11 is 0. The van der Waals surface area contributed by atoms with Gasteiger partial charge in [0.05, 0.1) is 0 Å². The Labute approximate surface area is 119 Å². The number of nitrogens with one attached hydrogen (secondary N) is 1. The minimum atomic E-state index is -0.158.